The highest BCUT2D eigenvalue weighted by atomic mass is 16.6. The van der Waals surface area contributed by atoms with Gasteiger partial charge < -0.3 is 35.0 Å². The average molecular weight is 590 g/mol. The zero-order valence-corrected chi connectivity index (χ0v) is 25.5. The van der Waals surface area contributed by atoms with E-state index in [0.717, 1.165) is 11.3 Å². The van der Waals surface area contributed by atoms with Crippen LogP contribution >= 0.6 is 0 Å². The Morgan fingerprint density at radius 3 is 2.36 bits per heavy atom. The molecule has 1 heterocycles. The third-order valence-electron chi connectivity index (χ3n) is 5.83. The van der Waals surface area contributed by atoms with Crippen molar-refractivity contribution >= 4 is 23.9 Å². The summed E-state index contributed by atoms with van der Waals surface area (Å²) in [5, 5.41) is 16.5. The maximum absolute atomic E-state index is 13.4. The van der Waals surface area contributed by atoms with Gasteiger partial charge in [0.2, 0.25) is 5.91 Å². The first-order chi connectivity index (χ1) is 19.6. The molecule has 0 bridgehead atoms. The molecule has 1 aromatic heterocycles. The molecule has 1 aromatic carbocycles. The lowest BCUT2D eigenvalue weighted by atomic mass is 9.93. The molecule has 13 heteroatoms. The minimum atomic E-state index is -1.16. The number of aromatic nitrogens is 2. The van der Waals surface area contributed by atoms with E-state index in [1.54, 1.807) is 41.5 Å². The van der Waals surface area contributed by atoms with Crippen LogP contribution in [0.4, 0.5) is 10.7 Å². The van der Waals surface area contributed by atoms with Gasteiger partial charge in [-0.1, -0.05) is 23.2 Å². The molecule has 2 rings (SSSR count). The molecule has 2 N–H and O–H groups in total. The summed E-state index contributed by atoms with van der Waals surface area (Å²) in [6, 6.07) is 6.41. The van der Waals surface area contributed by atoms with E-state index in [1.165, 1.54) is 17.0 Å². The molecule has 0 radical (unpaired) electrons. The van der Waals surface area contributed by atoms with Crippen LogP contribution in [0.1, 0.15) is 66.4 Å². The second-order valence-corrected chi connectivity index (χ2v) is 11.9. The number of hydrogen-bond donors (Lipinski definition) is 2. The molecule has 2 atom stereocenters. The average Bonchev–Trinajstić information content (AvgIpc) is 3.33. The topological polar surface area (TPSA) is 164 Å². The largest absolute Gasteiger partial charge is 0.493 e. The number of rotatable bonds is 14. The van der Waals surface area contributed by atoms with E-state index in [9.17, 15) is 24.5 Å². The zero-order chi connectivity index (χ0) is 31.5. The monoisotopic (exact) mass is 589 g/mol. The van der Waals surface area contributed by atoms with E-state index in [-0.39, 0.29) is 31.4 Å². The Hall–Kier alpha value is -4.16. The molecule has 0 aliphatic heterocycles. The van der Waals surface area contributed by atoms with E-state index >= 15 is 0 Å². The second-order valence-electron chi connectivity index (χ2n) is 11.9. The number of nitrogens with zero attached hydrogens (tertiary/aromatic N) is 3. The Balaban J connectivity index is 2.17. The first-order valence-corrected chi connectivity index (χ1v) is 13.9. The highest BCUT2D eigenvalue weighted by Gasteiger charge is 2.33. The van der Waals surface area contributed by atoms with Crippen molar-refractivity contribution in [2.24, 2.45) is 5.92 Å². The van der Waals surface area contributed by atoms with Crippen LogP contribution in [0.3, 0.4) is 0 Å². The highest BCUT2D eigenvalue weighted by Crippen LogP contribution is 2.21. The summed E-state index contributed by atoms with van der Waals surface area (Å²) in [5.41, 5.74) is -0.655. The predicted molar refractivity (Wildman–Crippen MR) is 155 cm³/mol. The molecule has 42 heavy (non-hydrogen) atoms. The summed E-state index contributed by atoms with van der Waals surface area (Å²) in [4.78, 5) is 53.3. The summed E-state index contributed by atoms with van der Waals surface area (Å²) in [7, 11) is 0. The Bertz CT molecular complexity index is 1220. The van der Waals surface area contributed by atoms with E-state index < -0.39 is 40.1 Å². The summed E-state index contributed by atoms with van der Waals surface area (Å²) < 4.78 is 18.1. The number of ether oxygens (including phenoxy) is 3. The van der Waals surface area contributed by atoms with Crippen LogP contribution in [0.15, 0.2) is 36.7 Å². The first kappa shape index (κ1) is 34.0. The number of nitrogens with one attached hydrogen (secondary N) is 2. The van der Waals surface area contributed by atoms with Gasteiger partial charge in [0.05, 0.1) is 13.2 Å². The Morgan fingerprint density at radius 2 is 1.74 bits per heavy atom. The van der Waals surface area contributed by atoms with Crippen molar-refractivity contribution in [1.29, 1.82) is 0 Å². The number of carbonyl (C=O) groups is 3. The van der Waals surface area contributed by atoms with E-state index in [2.05, 4.69) is 15.6 Å². The molecule has 0 spiro atoms. The molecule has 0 aliphatic rings. The Labute approximate surface area is 246 Å². The van der Waals surface area contributed by atoms with Gasteiger partial charge in [0.25, 0.3) is 0 Å². The van der Waals surface area contributed by atoms with Gasteiger partial charge in [0.15, 0.2) is 0 Å². The third kappa shape index (κ3) is 12.1. The van der Waals surface area contributed by atoms with Crippen LogP contribution in [-0.4, -0.2) is 62.8 Å². The maximum atomic E-state index is 13.4. The van der Waals surface area contributed by atoms with Crippen LogP contribution in [-0.2, 0) is 25.6 Å². The Kier molecular flexibility index (Phi) is 12.3. The van der Waals surface area contributed by atoms with Gasteiger partial charge in [-0.25, -0.2) is 14.2 Å². The van der Waals surface area contributed by atoms with Crippen LogP contribution in [0.2, 0.25) is 0 Å². The molecule has 0 saturated carbocycles. The summed E-state index contributed by atoms with van der Waals surface area (Å²) in [5.74, 6) is -1.40. The van der Waals surface area contributed by atoms with Crippen molar-refractivity contribution in [2.75, 3.05) is 13.2 Å². The van der Waals surface area contributed by atoms with E-state index in [1.807, 2.05) is 31.2 Å². The number of nitro groups is 1. The van der Waals surface area contributed by atoms with Crippen LogP contribution in [0.5, 0.6) is 5.75 Å². The second kappa shape index (κ2) is 15.2. The molecule has 0 saturated heterocycles. The Morgan fingerprint density at radius 1 is 1.07 bits per heavy atom. The minimum Gasteiger partial charge on any atom is -0.493 e. The third-order valence-corrected chi connectivity index (χ3v) is 5.83. The number of esters is 1. The lowest BCUT2D eigenvalue weighted by molar-refractivity contribution is -0.396. The smallest absolute Gasteiger partial charge is 0.434 e. The van der Waals surface area contributed by atoms with Gasteiger partial charge in [-0.05, 0) is 84.3 Å². The SMILES string of the molecule is Cc1ccccc1OCCCC(CC(NC(=O)OC(C)(C)C)C(=O)OC(C)(C)C)C(=O)NCCn1ccnc1[N+](=O)[O-]. The van der Waals surface area contributed by atoms with Gasteiger partial charge in [0, 0.05) is 12.5 Å². The number of benzene rings is 1. The number of aryl methyl sites for hydroxylation is 1. The summed E-state index contributed by atoms with van der Waals surface area (Å²) in [6.45, 7) is 12.7. The molecular formula is C29H43N5O8. The fourth-order valence-electron chi connectivity index (χ4n) is 4.00. The van der Waals surface area contributed by atoms with Crippen LogP contribution in [0, 0.1) is 23.0 Å². The maximum Gasteiger partial charge on any atom is 0.434 e. The molecule has 0 aliphatic carbocycles. The fraction of sp³-hybridized carbons (Fsp3) is 0.586. The fourth-order valence-corrected chi connectivity index (χ4v) is 4.00. The molecule has 232 valence electrons. The first-order valence-electron chi connectivity index (χ1n) is 13.9. The molecule has 13 nitrogen and oxygen atoms in total. The number of alkyl carbamates (subject to hydrolysis) is 1. The van der Waals surface area contributed by atoms with Gasteiger partial charge in [-0.3, -0.25) is 4.79 Å². The highest BCUT2D eigenvalue weighted by molar-refractivity contribution is 5.84. The van der Waals surface area contributed by atoms with Crippen molar-refractivity contribution in [3.8, 4) is 5.75 Å². The van der Waals surface area contributed by atoms with Crippen LogP contribution < -0.4 is 15.4 Å². The number of para-hydroxylation sites is 1. The van der Waals surface area contributed by atoms with Gasteiger partial charge in [-0.2, -0.15) is 0 Å². The van der Waals surface area contributed by atoms with Crippen molar-refractivity contribution < 1.29 is 33.5 Å². The van der Waals surface area contributed by atoms with Crippen molar-refractivity contribution in [1.82, 2.24) is 20.2 Å². The van der Waals surface area contributed by atoms with E-state index in [0.29, 0.717) is 19.4 Å². The predicted octanol–water partition coefficient (Wildman–Crippen LogP) is 4.32. The number of imidazole rings is 1. The molecule has 2 unspecified atom stereocenters. The van der Waals surface area contributed by atoms with Gasteiger partial charge in [-0.15, -0.1) is 0 Å². The minimum absolute atomic E-state index is 0.0599. The van der Waals surface area contributed by atoms with Gasteiger partial charge in [0.1, 0.15) is 35.4 Å². The standard InChI is InChI=1S/C29H43N5O8/c1-20-11-8-9-13-23(20)40-18-10-12-21(24(35)30-14-16-33-17-15-31-26(33)34(38)39)19-22(25(36)41-28(2,3)4)32-27(37)42-29(5,6)7/h8-9,11,13,15,17,21-22H,10,12,14,16,18-19H2,1-7H3,(H,30,35)(H,32,37). The lowest BCUT2D eigenvalue weighted by Crippen LogP contribution is -2.48. The summed E-state index contributed by atoms with van der Waals surface area (Å²) >= 11 is 0. The number of carbonyl (C=O) groups excluding carboxylic acids is 3. The zero-order valence-electron chi connectivity index (χ0n) is 25.5. The summed E-state index contributed by atoms with van der Waals surface area (Å²) in [6.07, 6.45) is 2.70. The van der Waals surface area contributed by atoms with Crippen molar-refractivity contribution in [2.45, 2.75) is 91.5 Å². The number of hydrogen-bond acceptors (Lipinski definition) is 9. The molecule has 2 aromatic rings. The van der Waals surface area contributed by atoms with Crippen LogP contribution in [0.25, 0.3) is 0 Å². The molecule has 0 fully saturated rings. The molecule has 2 amide bonds. The van der Waals surface area contributed by atoms with Crippen molar-refractivity contribution in [3.63, 3.8) is 0 Å². The van der Waals surface area contributed by atoms with Crippen molar-refractivity contribution in [3.05, 3.63) is 52.3 Å². The molecular weight excluding hydrogens is 546 g/mol. The van der Waals surface area contributed by atoms with E-state index in [4.69, 9.17) is 14.2 Å². The normalized spacial score (nSPS) is 13.0. The quantitative estimate of drug-likeness (QED) is 0.141. The number of amides is 2. The van der Waals surface area contributed by atoms with Gasteiger partial charge >= 0.3 is 18.0 Å². The lowest BCUT2D eigenvalue weighted by Gasteiger charge is -2.28.